The number of amidine groups is 1. The van der Waals surface area contributed by atoms with E-state index in [1.165, 1.54) is 0 Å². The molecule has 3 aliphatic rings. The molecule has 0 radical (unpaired) electrons. The normalized spacial score (nSPS) is 27.0. The fourth-order valence-electron chi connectivity index (χ4n) is 4.93. The molecule has 2 fully saturated rings. The molecule has 0 spiro atoms. The average Bonchev–Trinajstić information content (AvgIpc) is 3.10. The van der Waals surface area contributed by atoms with E-state index in [9.17, 15) is 13.2 Å². The maximum absolute atomic E-state index is 13.5. The second kappa shape index (κ2) is 8.33. The molecule has 7 nitrogen and oxygen atoms in total. The summed E-state index contributed by atoms with van der Waals surface area (Å²) in [7, 11) is -3.67. The van der Waals surface area contributed by atoms with Crippen molar-refractivity contribution in [2.45, 2.75) is 36.9 Å². The van der Waals surface area contributed by atoms with Crippen LogP contribution in [0.5, 0.6) is 0 Å². The van der Waals surface area contributed by atoms with Crippen LogP contribution in [0.2, 0.25) is 0 Å². The van der Waals surface area contributed by atoms with Crippen molar-refractivity contribution >= 4 is 21.8 Å². The standard InChI is InChI=1S/C24H27N3O4S/c1-17-14-27(16-21(31-17)18-8-3-2-4-9-18)24(28)19-10-7-13-26(15-19)23-20-11-5-6-12-22(20)32(29,30)25-23/h2-6,8-9,11-12,17,19,21H,7,10,13-16H2,1H3. The highest BCUT2D eigenvalue weighted by atomic mass is 32.2. The summed E-state index contributed by atoms with van der Waals surface area (Å²) < 4.78 is 35.1. The number of likely N-dealkylation sites (tertiary alicyclic amines) is 1. The molecule has 32 heavy (non-hydrogen) atoms. The van der Waals surface area contributed by atoms with Crippen LogP contribution < -0.4 is 0 Å². The molecule has 3 heterocycles. The topological polar surface area (TPSA) is 79.3 Å². The minimum absolute atomic E-state index is 0.0474. The van der Waals surface area contributed by atoms with E-state index in [0.717, 1.165) is 18.4 Å². The fraction of sp³-hybridized carbons (Fsp3) is 0.417. The summed E-state index contributed by atoms with van der Waals surface area (Å²) in [6, 6.07) is 16.9. The molecule has 3 unspecified atom stereocenters. The number of fused-ring (bicyclic) bond motifs is 1. The first-order valence-electron chi connectivity index (χ1n) is 11.1. The van der Waals surface area contributed by atoms with Crippen LogP contribution in [0.15, 0.2) is 63.9 Å². The Hall–Kier alpha value is -2.71. The number of sulfonamides is 1. The van der Waals surface area contributed by atoms with Gasteiger partial charge in [0.05, 0.1) is 18.6 Å². The van der Waals surface area contributed by atoms with Crippen LogP contribution in [0, 0.1) is 5.92 Å². The Morgan fingerprint density at radius 1 is 1.03 bits per heavy atom. The van der Waals surface area contributed by atoms with Crippen LogP contribution in [-0.4, -0.2) is 62.2 Å². The number of carbonyl (C=O) groups excluding carboxylic acids is 1. The number of hydrogen-bond acceptors (Lipinski definition) is 5. The molecular weight excluding hydrogens is 426 g/mol. The number of morpholine rings is 1. The average molecular weight is 454 g/mol. The van der Waals surface area contributed by atoms with Crippen LogP contribution in [0.25, 0.3) is 0 Å². The third-order valence-electron chi connectivity index (χ3n) is 6.43. The van der Waals surface area contributed by atoms with Crippen LogP contribution >= 0.6 is 0 Å². The van der Waals surface area contributed by atoms with Gasteiger partial charge < -0.3 is 14.5 Å². The molecule has 0 N–H and O–H groups in total. The summed E-state index contributed by atoms with van der Waals surface area (Å²) in [5, 5.41) is 0. The Kier molecular flexibility index (Phi) is 5.51. The summed E-state index contributed by atoms with van der Waals surface area (Å²) in [6.45, 7) is 4.26. The Bertz CT molecular complexity index is 1150. The van der Waals surface area contributed by atoms with E-state index in [1.54, 1.807) is 18.2 Å². The van der Waals surface area contributed by atoms with Gasteiger partial charge in [0.25, 0.3) is 10.0 Å². The summed E-state index contributed by atoms with van der Waals surface area (Å²) in [6.07, 6.45) is 1.42. The van der Waals surface area contributed by atoms with Gasteiger partial charge in [0.1, 0.15) is 11.0 Å². The molecule has 1 amide bonds. The predicted octanol–water partition coefficient (Wildman–Crippen LogP) is 2.84. The van der Waals surface area contributed by atoms with Gasteiger partial charge in [-0.3, -0.25) is 4.79 Å². The summed E-state index contributed by atoms with van der Waals surface area (Å²) in [4.78, 5) is 17.6. The molecule has 0 saturated carbocycles. The van der Waals surface area contributed by atoms with Gasteiger partial charge in [0, 0.05) is 25.2 Å². The third kappa shape index (κ3) is 3.93. The van der Waals surface area contributed by atoms with E-state index in [2.05, 4.69) is 4.40 Å². The van der Waals surface area contributed by atoms with E-state index in [-0.39, 0.29) is 28.9 Å². The highest BCUT2D eigenvalue weighted by Crippen LogP contribution is 2.31. The third-order valence-corrected chi connectivity index (χ3v) is 7.75. The zero-order chi connectivity index (χ0) is 22.3. The molecule has 2 aromatic rings. The molecule has 0 bridgehead atoms. The Balaban J connectivity index is 1.33. The molecule has 0 aromatic heterocycles. The lowest BCUT2D eigenvalue weighted by Crippen LogP contribution is -2.51. The lowest BCUT2D eigenvalue weighted by Gasteiger charge is -2.41. The lowest BCUT2D eigenvalue weighted by atomic mass is 9.94. The first kappa shape index (κ1) is 21.2. The van der Waals surface area contributed by atoms with Crippen molar-refractivity contribution in [2.75, 3.05) is 26.2 Å². The van der Waals surface area contributed by atoms with E-state index < -0.39 is 10.0 Å². The summed E-state index contributed by atoms with van der Waals surface area (Å²) in [5.74, 6) is 0.389. The van der Waals surface area contributed by atoms with Gasteiger partial charge in [0.2, 0.25) is 5.91 Å². The van der Waals surface area contributed by atoms with Crippen molar-refractivity contribution < 1.29 is 17.9 Å². The minimum Gasteiger partial charge on any atom is -0.367 e. The fourth-order valence-corrected chi connectivity index (χ4v) is 6.16. The first-order valence-corrected chi connectivity index (χ1v) is 12.5. The molecule has 5 rings (SSSR count). The zero-order valence-corrected chi connectivity index (χ0v) is 18.9. The number of rotatable bonds is 2. The number of amides is 1. The van der Waals surface area contributed by atoms with Crippen molar-refractivity contribution in [3.05, 3.63) is 65.7 Å². The molecule has 3 aliphatic heterocycles. The number of hydrogen-bond donors (Lipinski definition) is 0. The van der Waals surface area contributed by atoms with E-state index in [0.29, 0.717) is 37.6 Å². The number of nitrogens with zero attached hydrogens (tertiary/aromatic N) is 3. The molecular formula is C24H27N3O4S. The molecule has 2 aromatic carbocycles. The van der Waals surface area contributed by atoms with Gasteiger partial charge in [-0.15, -0.1) is 4.40 Å². The molecule has 2 saturated heterocycles. The van der Waals surface area contributed by atoms with Gasteiger partial charge in [-0.2, -0.15) is 8.42 Å². The van der Waals surface area contributed by atoms with Crippen LogP contribution in [0.3, 0.4) is 0 Å². The number of carbonyl (C=O) groups is 1. The first-order chi connectivity index (χ1) is 15.4. The molecule has 168 valence electrons. The molecule has 3 atom stereocenters. The second-order valence-electron chi connectivity index (χ2n) is 8.76. The van der Waals surface area contributed by atoms with E-state index >= 15 is 0 Å². The zero-order valence-electron chi connectivity index (χ0n) is 18.1. The smallest absolute Gasteiger partial charge is 0.285 e. The van der Waals surface area contributed by atoms with Crippen LogP contribution in [-0.2, 0) is 19.6 Å². The van der Waals surface area contributed by atoms with Gasteiger partial charge in [0.15, 0.2) is 5.84 Å². The van der Waals surface area contributed by atoms with Gasteiger partial charge in [-0.25, -0.2) is 0 Å². The highest BCUT2D eigenvalue weighted by molar-refractivity contribution is 7.90. The van der Waals surface area contributed by atoms with Gasteiger partial charge in [-0.1, -0.05) is 42.5 Å². The van der Waals surface area contributed by atoms with Crippen molar-refractivity contribution in [1.82, 2.24) is 9.80 Å². The van der Waals surface area contributed by atoms with Crippen molar-refractivity contribution in [1.29, 1.82) is 0 Å². The van der Waals surface area contributed by atoms with E-state index in [4.69, 9.17) is 4.74 Å². The maximum Gasteiger partial charge on any atom is 0.285 e. The van der Waals surface area contributed by atoms with Crippen LogP contribution in [0.4, 0.5) is 0 Å². The van der Waals surface area contributed by atoms with Gasteiger partial charge >= 0.3 is 0 Å². The number of benzene rings is 2. The number of ether oxygens (including phenoxy) is 1. The Morgan fingerprint density at radius 3 is 2.59 bits per heavy atom. The minimum atomic E-state index is -3.67. The number of piperidine rings is 1. The Morgan fingerprint density at radius 2 is 1.78 bits per heavy atom. The maximum atomic E-state index is 13.5. The molecule has 0 aliphatic carbocycles. The summed E-state index contributed by atoms with van der Waals surface area (Å²) >= 11 is 0. The van der Waals surface area contributed by atoms with E-state index in [1.807, 2.05) is 53.1 Å². The van der Waals surface area contributed by atoms with Gasteiger partial charge in [-0.05, 0) is 37.5 Å². The Labute approximate surface area is 188 Å². The quantitative estimate of drug-likeness (QED) is 0.699. The monoisotopic (exact) mass is 453 g/mol. The highest BCUT2D eigenvalue weighted by Gasteiger charge is 2.38. The lowest BCUT2D eigenvalue weighted by molar-refractivity contribution is -0.150. The SMILES string of the molecule is CC1CN(C(=O)C2CCCN(C3=NS(=O)(=O)c4ccccc43)C2)CC(c2ccccc2)O1. The van der Waals surface area contributed by atoms with Crippen molar-refractivity contribution in [2.24, 2.45) is 10.3 Å². The predicted molar refractivity (Wildman–Crippen MR) is 121 cm³/mol. The van der Waals surface area contributed by atoms with Crippen molar-refractivity contribution in [3.8, 4) is 0 Å². The van der Waals surface area contributed by atoms with Crippen LogP contribution in [0.1, 0.15) is 37.0 Å². The second-order valence-corrected chi connectivity index (χ2v) is 10.3. The largest absolute Gasteiger partial charge is 0.367 e. The molecule has 8 heteroatoms. The summed E-state index contributed by atoms with van der Waals surface area (Å²) in [5.41, 5.74) is 1.70. The van der Waals surface area contributed by atoms with Crippen molar-refractivity contribution in [3.63, 3.8) is 0 Å².